The maximum atomic E-state index is 6.93. The fourth-order valence-corrected chi connectivity index (χ4v) is 19.5. The summed E-state index contributed by atoms with van der Waals surface area (Å²) in [5, 5.41) is 10.4. The number of halogens is 2. The second-order valence-corrected chi connectivity index (χ2v) is 33.8. The molecule has 18 aromatic carbocycles. The molecule has 24 rings (SSSR count). The highest BCUT2D eigenvalue weighted by Crippen LogP contribution is 2.52. The second-order valence-electron chi connectivity index (χ2n) is 33.0. The summed E-state index contributed by atoms with van der Waals surface area (Å²) < 4.78 is 9.62. The van der Waals surface area contributed by atoms with Gasteiger partial charge in [0, 0.05) is 146 Å². The first-order valence-electron chi connectivity index (χ1n) is 43.7. The van der Waals surface area contributed by atoms with Crippen LogP contribution in [0.3, 0.4) is 0 Å². The standard InChI is InChI=1S/C68H43Cl2N7.C50H37N3/c69-51-15-7-17-56(41-51)76-62-33-25-49(67-71-35-9-36-72-67)39-59(62)60-43-58(64-61-40-50(68-73-37-10-38-74-68)26-34-63(61)77(66(64)65(60)76)57-18-8-16-52(70)42-57)48-23-31-55(32-24-48)75(53-27-19-46(20-28-53)44-11-3-1-4-12-44)54-29-21-47(22-30-54)45-13-5-2-6-14-45;1-34-21-27-39(28-22-34)51(40-29-23-35(2)24-30-40)41-31-25-36(26-32-41)44-33-45-42-17-9-11-19-46(42)52(37-13-5-3-6-14-37)49(45)50-48(44)43-18-10-12-20-47(43)53(50)38-15-7-4-8-16-38/h1-43H;3-33H,1-2H3. The summed E-state index contributed by atoms with van der Waals surface area (Å²) in [7, 11) is 0. The largest absolute Gasteiger partial charge is 0.311 e. The number of anilines is 6. The molecule has 0 unspecified atom stereocenters. The van der Waals surface area contributed by atoms with Crippen molar-refractivity contribution in [1.82, 2.24) is 38.2 Å². The van der Waals surface area contributed by atoms with Gasteiger partial charge in [-0.25, -0.2) is 19.9 Å². The van der Waals surface area contributed by atoms with Crippen molar-refractivity contribution in [3.63, 3.8) is 0 Å². The Hall–Kier alpha value is -16.5. The van der Waals surface area contributed by atoms with E-state index in [0.717, 1.165) is 134 Å². The lowest BCUT2D eigenvalue weighted by Gasteiger charge is -2.26. The predicted octanol–water partition coefficient (Wildman–Crippen LogP) is 32.2. The van der Waals surface area contributed by atoms with Gasteiger partial charge in [-0.2, -0.15) is 0 Å². The quantitative estimate of drug-likeness (QED) is 0.0959. The minimum absolute atomic E-state index is 0.631. The second kappa shape index (κ2) is 33.1. The van der Waals surface area contributed by atoms with Crippen LogP contribution in [0.4, 0.5) is 34.1 Å². The van der Waals surface area contributed by atoms with Crippen LogP contribution in [-0.4, -0.2) is 38.2 Å². The molecule has 6 heterocycles. The average Bonchev–Trinajstić information content (AvgIpc) is 1.51. The van der Waals surface area contributed by atoms with E-state index in [4.69, 9.17) is 33.2 Å². The van der Waals surface area contributed by atoms with Crippen LogP contribution in [0.5, 0.6) is 0 Å². The van der Waals surface area contributed by atoms with Gasteiger partial charge in [0.2, 0.25) is 0 Å². The van der Waals surface area contributed by atoms with Crippen LogP contribution < -0.4 is 9.80 Å². The summed E-state index contributed by atoms with van der Waals surface area (Å²) in [4.78, 5) is 23.5. The van der Waals surface area contributed by atoms with Gasteiger partial charge in [0.05, 0.1) is 44.1 Å². The zero-order valence-electron chi connectivity index (χ0n) is 71.0. The number of hydrogen-bond acceptors (Lipinski definition) is 6. The molecule has 0 aliphatic rings. The van der Waals surface area contributed by atoms with E-state index in [-0.39, 0.29) is 0 Å². The third kappa shape index (κ3) is 14.0. The van der Waals surface area contributed by atoms with E-state index >= 15 is 0 Å². The maximum absolute atomic E-state index is 6.93. The zero-order chi connectivity index (χ0) is 86.9. The summed E-state index contributed by atoms with van der Waals surface area (Å²) in [6.07, 6.45) is 7.14. The summed E-state index contributed by atoms with van der Waals surface area (Å²) in [5.41, 5.74) is 32.9. The van der Waals surface area contributed by atoms with Gasteiger partial charge < -0.3 is 28.1 Å². The molecule has 0 fully saturated rings. The van der Waals surface area contributed by atoms with Gasteiger partial charge in [0.1, 0.15) is 0 Å². The lowest BCUT2D eigenvalue weighted by atomic mass is 9.95. The molecular formula is C118H80Cl2N10. The van der Waals surface area contributed by atoms with Gasteiger partial charge in [0.15, 0.2) is 11.6 Å². The first-order chi connectivity index (χ1) is 64.1. The smallest absolute Gasteiger partial charge is 0.159 e. The molecule has 0 atom stereocenters. The molecule has 0 N–H and O–H groups in total. The maximum Gasteiger partial charge on any atom is 0.159 e. The molecule has 0 aliphatic heterocycles. The third-order valence-corrected chi connectivity index (χ3v) is 25.5. The van der Waals surface area contributed by atoms with Crippen LogP contribution in [0.1, 0.15) is 11.1 Å². The number of para-hydroxylation sites is 4. The van der Waals surface area contributed by atoms with Gasteiger partial charge in [0.25, 0.3) is 0 Å². The Bertz CT molecular complexity index is 8250. The third-order valence-electron chi connectivity index (χ3n) is 25.1. The molecule has 0 spiro atoms. The molecule has 616 valence electrons. The molecule has 10 nitrogen and oxygen atoms in total. The summed E-state index contributed by atoms with van der Waals surface area (Å²) in [5.74, 6) is 1.29. The van der Waals surface area contributed by atoms with Gasteiger partial charge in [-0.15, -0.1) is 0 Å². The first-order valence-corrected chi connectivity index (χ1v) is 44.4. The molecule has 0 aliphatic carbocycles. The number of fused-ring (bicyclic) bond motifs is 14. The topological polar surface area (TPSA) is 77.8 Å². The van der Waals surface area contributed by atoms with Crippen LogP contribution in [0, 0.1) is 13.8 Å². The van der Waals surface area contributed by atoms with Crippen molar-refractivity contribution in [2.45, 2.75) is 13.8 Å². The molecule has 130 heavy (non-hydrogen) atoms. The molecule has 12 heteroatoms. The Balaban J connectivity index is 0.000000159. The van der Waals surface area contributed by atoms with Crippen molar-refractivity contribution in [1.29, 1.82) is 0 Å². The van der Waals surface area contributed by atoms with Gasteiger partial charge in [-0.1, -0.05) is 253 Å². The Kier molecular flexibility index (Phi) is 19.9. The highest BCUT2D eigenvalue weighted by Gasteiger charge is 2.29. The monoisotopic (exact) mass is 1710 g/mol. The minimum Gasteiger partial charge on any atom is -0.311 e. The Morgan fingerprint density at radius 1 is 0.208 bits per heavy atom. The SMILES string of the molecule is Cc1ccc(N(c2ccc(C)cc2)c2ccc(-c3cc4c5ccccc5n(-c5ccccc5)c4c4c3c3ccccc3n4-c3ccccc3)cc2)cc1.Clc1cccc(-n2c3ccc(-c4ncccn4)cc3c3cc(-c4ccc(N(c5ccc(-c6ccccc6)cc5)c5ccc(-c6ccccc6)cc5)cc4)c4c5cc(-c6ncccn6)ccc5n(-c5cccc(Cl)c5)c4c32)c1. The van der Waals surface area contributed by atoms with Crippen molar-refractivity contribution >= 4 is 145 Å². The molecule has 0 saturated heterocycles. The zero-order valence-corrected chi connectivity index (χ0v) is 72.5. The van der Waals surface area contributed by atoms with E-state index < -0.39 is 0 Å². The Labute approximate surface area is 761 Å². The highest BCUT2D eigenvalue weighted by atomic mass is 35.5. The predicted molar refractivity (Wildman–Crippen MR) is 543 cm³/mol. The van der Waals surface area contributed by atoms with Crippen LogP contribution in [0.15, 0.2) is 449 Å². The van der Waals surface area contributed by atoms with Crippen LogP contribution >= 0.6 is 23.2 Å². The van der Waals surface area contributed by atoms with E-state index in [2.05, 4.69) is 428 Å². The molecule has 0 saturated carbocycles. The first kappa shape index (κ1) is 78.2. The number of aromatic nitrogens is 8. The van der Waals surface area contributed by atoms with Crippen LogP contribution in [-0.2, 0) is 0 Å². The Morgan fingerprint density at radius 2 is 0.508 bits per heavy atom. The normalized spacial score (nSPS) is 11.5. The van der Waals surface area contributed by atoms with Gasteiger partial charge in [-0.05, 0) is 265 Å². The highest BCUT2D eigenvalue weighted by molar-refractivity contribution is 6.33. The number of aryl methyl sites for hydroxylation is 2. The number of nitrogens with zero attached hydrogens (tertiary/aromatic N) is 10. The molecular weight excluding hydrogens is 1630 g/mol. The fourth-order valence-electron chi connectivity index (χ4n) is 19.1. The van der Waals surface area contributed by atoms with Crippen molar-refractivity contribution in [2.75, 3.05) is 9.80 Å². The summed E-state index contributed by atoms with van der Waals surface area (Å²) in [6.45, 7) is 4.27. The molecule has 6 aromatic heterocycles. The van der Waals surface area contributed by atoms with E-state index in [1.165, 1.54) is 77.0 Å². The lowest BCUT2D eigenvalue weighted by Crippen LogP contribution is -2.09. The Morgan fingerprint density at radius 3 is 0.938 bits per heavy atom. The number of benzene rings is 18. The van der Waals surface area contributed by atoms with Crippen molar-refractivity contribution in [3.05, 3.63) is 471 Å². The molecule has 24 aromatic rings. The van der Waals surface area contributed by atoms with Crippen LogP contribution in [0.2, 0.25) is 10.0 Å². The molecule has 0 bridgehead atoms. The summed E-state index contributed by atoms with van der Waals surface area (Å²) >= 11 is 13.8. The van der Waals surface area contributed by atoms with E-state index in [1.54, 1.807) is 24.8 Å². The molecule has 0 radical (unpaired) electrons. The van der Waals surface area contributed by atoms with Gasteiger partial charge >= 0.3 is 0 Å². The van der Waals surface area contributed by atoms with Crippen LogP contribution in [0.25, 0.3) is 177 Å². The van der Waals surface area contributed by atoms with Crippen molar-refractivity contribution in [2.24, 2.45) is 0 Å². The van der Waals surface area contributed by atoms with E-state index in [9.17, 15) is 0 Å². The minimum atomic E-state index is 0.631. The molecule has 0 amide bonds. The lowest BCUT2D eigenvalue weighted by molar-refractivity contribution is 1.15. The van der Waals surface area contributed by atoms with Crippen molar-refractivity contribution in [3.8, 4) is 90.0 Å². The fraction of sp³-hybridized carbons (Fsp3) is 0.0169. The number of rotatable bonds is 16. The number of hydrogen-bond donors (Lipinski definition) is 0. The van der Waals surface area contributed by atoms with Gasteiger partial charge in [-0.3, -0.25) is 0 Å². The summed E-state index contributed by atoms with van der Waals surface area (Å²) in [6, 6.07) is 151. The van der Waals surface area contributed by atoms with Crippen molar-refractivity contribution < 1.29 is 0 Å². The van der Waals surface area contributed by atoms with E-state index in [0.29, 0.717) is 21.7 Å². The average molecular weight is 1710 g/mol. The van der Waals surface area contributed by atoms with E-state index in [1.807, 2.05) is 48.5 Å².